The number of hydrogen-bond donors (Lipinski definition) is 2. The van der Waals surface area contributed by atoms with Gasteiger partial charge in [0, 0.05) is 23.5 Å². The average molecular weight is 365 g/mol. The predicted molar refractivity (Wildman–Crippen MR) is 85.7 cm³/mol. The van der Waals surface area contributed by atoms with Crippen LogP contribution in [0.5, 0.6) is 5.75 Å². The molecule has 8 heteroatoms. The molecule has 2 N–H and O–H groups in total. The first-order valence-corrected chi connectivity index (χ1v) is 8.56. The van der Waals surface area contributed by atoms with Crippen LogP contribution in [0.1, 0.15) is 19.3 Å². The number of imide groups is 1. The lowest BCUT2D eigenvalue weighted by molar-refractivity contribution is -0.768. The molecule has 2 rings (SSSR count). The van der Waals surface area contributed by atoms with Crippen LogP contribution in [0, 0.1) is 0 Å². The molecule has 1 fully saturated rings. The Bertz CT molecular complexity index is 580. The lowest BCUT2D eigenvalue weighted by atomic mass is 10.3. The number of aromatic hydroxyl groups is 1. The molecule has 1 saturated heterocycles. The van der Waals surface area contributed by atoms with Gasteiger partial charge < -0.3 is 10.2 Å². The van der Waals surface area contributed by atoms with Gasteiger partial charge >= 0.3 is 12.0 Å². The van der Waals surface area contributed by atoms with Crippen LogP contribution < -0.4 is 0 Å². The molecule has 1 aromatic rings. The fraction of sp³-hybridized carbons (Fsp3) is 0.429. The van der Waals surface area contributed by atoms with Crippen LogP contribution >= 0.6 is 35.0 Å². The van der Waals surface area contributed by atoms with Crippen molar-refractivity contribution in [1.82, 2.24) is 0 Å². The third-order valence-corrected chi connectivity index (χ3v) is 5.30. The fourth-order valence-electron chi connectivity index (χ4n) is 2.52. The van der Waals surface area contributed by atoms with Gasteiger partial charge in [0.25, 0.3) is 0 Å². The highest BCUT2D eigenvalue weighted by Gasteiger charge is 2.46. The molecule has 2 amide bonds. The van der Waals surface area contributed by atoms with Crippen molar-refractivity contribution in [3.8, 4) is 5.75 Å². The van der Waals surface area contributed by atoms with Gasteiger partial charge in [0.15, 0.2) is 5.75 Å². The molecule has 0 aliphatic carbocycles. The van der Waals surface area contributed by atoms with E-state index in [0.717, 1.165) is 17.7 Å². The maximum Gasteiger partial charge on any atom is 0.521 e. The van der Waals surface area contributed by atoms with Crippen LogP contribution in [0.2, 0.25) is 10.0 Å². The Kier molecular flexibility index (Phi) is 5.60. The molecule has 1 heterocycles. The van der Waals surface area contributed by atoms with Crippen LogP contribution in [0.4, 0.5) is 4.79 Å². The maximum atomic E-state index is 12.3. The minimum atomic E-state index is -1.07. The zero-order valence-corrected chi connectivity index (χ0v) is 14.0. The number of hydrogen-bond acceptors (Lipinski definition) is 4. The lowest BCUT2D eigenvalue weighted by Gasteiger charge is -2.24. The summed E-state index contributed by atoms with van der Waals surface area (Å²) in [6.07, 6.45) is 0.610. The molecule has 0 spiro atoms. The van der Waals surface area contributed by atoms with Crippen LogP contribution in [0.15, 0.2) is 17.0 Å². The number of quaternary nitrogens is 1. The van der Waals surface area contributed by atoms with E-state index >= 15 is 0 Å². The number of benzene rings is 1. The number of amides is 2. The maximum absolute atomic E-state index is 12.3. The topological polar surface area (TPSA) is 74.6 Å². The monoisotopic (exact) mass is 364 g/mol. The average Bonchev–Trinajstić information content (AvgIpc) is 2.95. The first-order valence-electron chi connectivity index (χ1n) is 6.81. The van der Waals surface area contributed by atoms with E-state index in [2.05, 4.69) is 0 Å². The Morgan fingerprint density at radius 2 is 1.73 bits per heavy atom. The summed E-state index contributed by atoms with van der Waals surface area (Å²) in [7, 11) is 0. The molecule has 0 bridgehead atoms. The van der Waals surface area contributed by atoms with Gasteiger partial charge in [0.1, 0.15) is 0 Å². The molecule has 0 radical (unpaired) electrons. The number of phenolic OH excluding ortho intramolecular Hbond substituents is 1. The Labute approximate surface area is 142 Å². The molecule has 1 aliphatic rings. The summed E-state index contributed by atoms with van der Waals surface area (Å²) < 4.78 is -0.461. The van der Waals surface area contributed by atoms with Crippen molar-refractivity contribution in [2.24, 2.45) is 0 Å². The van der Waals surface area contributed by atoms with Gasteiger partial charge in [-0.15, -0.1) is 11.8 Å². The smallest absolute Gasteiger partial charge is 0.505 e. The minimum absolute atomic E-state index is 0.148. The number of halogens is 2. The van der Waals surface area contributed by atoms with E-state index < -0.39 is 10.6 Å². The number of thioether (sulfide) groups is 1. The summed E-state index contributed by atoms with van der Waals surface area (Å²) >= 11 is 13.0. The second-order valence-electron chi connectivity index (χ2n) is 5.13. The third-order valence-electron chi connectivity index (χ3n) is 3.75. The van der Waals surface area contributed by atoms with Gasteiger partial charge in [-0.25, -0.2) is 4.79 Å². The van der Waals surface area contributed by atoms with Crippen molar-refractivity contribution in [2.75, 3.05) is 18.8 Å². The Morgan fingerprint density at radius 3 is 2.23 bits per heavy atom. The predicted octanol–water partition coefficient (Wildman–Crippen LogP) is 4.00. The van der Waals surface area contributed by atoms with Crippen molar-refractivity contribution in [3.63, 3.8) is 0 Å². The molecule has 0 unspecified atom stereocenters. The zero-order chi connectivity index (χ0) is 16.3. The van der Waals surface area contributed by atoms with Gasteiger partial charge in [-0.3, -0.25) is 0 Å². The normalized spacial score (nSPS) is 16.6. The fourth-order valence-corrected chi connectivity index (χ4v) is 4.05. The highest BCUT2D eigenvalue weighted by molar-refractivity contribution is 7.99. The summed E-state index contributed by atoms with van der Waals surface area (Å²) in [5.74, 6) is -0.00603. The van der Waals surface area contributed by atoms with E-state index in [1.165, 1.54) is 11.8 Å². The van der Waals surface area contributed by atoms with Crippen LogP contribution in [-0.4, -0.2) is 45.5 Å². The second kappa shape index (κ2) is 7.08. The number of likely N-dealkylation sites (tertiary alicyclic amines) is 1. The Balaban J connectivity index is 1.96. The van der Waals surface area contributed by atoms with Crippen molar-refractivity contribution in [2.45, 2.75) is 24.2 Å². The number of carbonyl (C=O) groups is 2. The largest absolute Gasteiger partial charge is 0.521 e. The van der Waals surface area contributed by atoms with Crippen molar-refractivity contribution in [3.05, 3.63) is 22.2 Å². The quantitative estimate of drug-likeness (QED) is 0.623. The Morgan fingerprint density at radius 1 is 1.18 bits per heavy atom. The molecule has 1 aromatic carbocycles. The van der Waals surface area contributed by atoms with E-state index in [4.69, 9.17) is 23.2 Å². The molecular formula is C14H16Cl2NO4S+. The van der Waals surface area contributed by atoms with E-state index in [9.17, 15) is 19.8 Å². The molecule has 1 aliphatic heterocycles. The SMILES string of the molecule is O=C(O)[N+]1(C(=O)CCSc2cc(Cl)c(O)c(Cl)c2)CCCC1. The van der Waals surface area contributed by atoms with Crippen LogP contribution in [-0.2, 0) is 4.79 Å². The summed E-state index contributed by atoms with van der Waals surface area (Å²) in [5, 5.41) is 19.1. The highest BCUT2D eigenvalue weighted by atomic mass is 35.5. The molecule has 22 heavy (non-hydrogen) atoms. The third kappa shape index (κ3) is 3.51. The highest BCUT2D eigenvalue weighted by Crippen LogP contribution is 2.36. The number of phenols is 1. The van der Waals surface area contributed by atoms with Crippen molar-refractivity contribution < 1.29 is 24.3 Å². The summed E-state index contributed by atoms with van der Waals surface area (Å²) in [5.41, 5.74) is 0. The summed E-state index contributed by atoms with van der Waals surface area (Å²) in [6.45, 7) is 0.741. The molecule has 0 aromatic heterocycles. The van der Waals surface area contributed by atoms with Crippen LogP contribution in [0.25, 0.3) is 0 Å². The molecule has 0 saturated carbocycles. The molecule has 120 valence electrons. The summed E-state index contributed by atoms with van der Waals surface area (Å²) in [4.78, 5) is 24.4. The van der Waals surface area contributed by atoms with Gasteiger partial charge in [0.2, 0.25) is 0 Å². The van der Waals surface area contributed by atoms with Gasteiger partial charge in [-0.1, -0.05) is 23.2 Å². The zero-order valence-electron chi connectivity index (χ0n) is 11.7. The second-order valence-corrected chi connectivity index (χ2v) is 7.12. The van der Waals surface area contributed by atoms with Gasteiger partial charge in [-0.2, -0.15) is 9.28 Å². The Hall–Kier alpha value is -0.950. The van der Waals surface area contributed by atoms with Crippen LogP contribution in [0.3, 0.4) is 0 Å². The van der Waals surface area contributed by atoms with E-state index in [0.29, 0.717) is 18.8 Å². The number of rotatable bonds is 4. The number of carboxylic acid groups (broad SMARTS) is 1. The number of nitrogens with zero attached hydrogens (tertiary/aromatic N) is 1. The molecular weight excluding hydrogens is 349 g/mol. The van der Waals surface area contributed by atoms with Gasteiger partial charge in [-0.05, 0) is 12.1 Å². The molecule has 0 atom stereocenters. The van der Waals surface area contributed by atoms with E-state index in [1.54, 1.807) is 12.1 Å². The first kappa shape index (κ1) is 17.4. The van der Waals surface area contributed by atoms with E-state index in [1.807, 2.05) is 0 Å². The van der Waals surface area contributed by atoms with Gasteiger partial charge in [0.05, 0.1) is 29.6 Å². The molecule has 5 nitrogen and oxygen atoms in total. The minimum Gasteiger partial charge on any atom is -0.505 e. The lowest BCUT2D eigenvalue weighted by Crippen LogP contribution is -2.54. The standard InChI is InChI=1S/C14H15Cl2NO4S/c15-10-7-9(8-11(16)13(10)19)22-6-3-12(18)17(14(20)21)4-1-2-5-17/h7-8H,1-6H2,(H-,19,20,21)/p+1. The van der Waals surface area contributed by atoms with Crippen molar-refractivity contribution in [1.29, 1.82) is 0 Å². The summed E-state index contributed by atoms with van der Waals surface area (Å²) in [6, 6.07) is 3.13. The number of carbonyl (C=O) groups excluding carboxylic acids is 1. The van der Waals surface area contributed by atoms with Crippen molar-refractivity contribution >= 4 is 47.0 Å². The first-order chi connectivity index (χ1) is 10.4. The van der Waals surface area contributed by atoms with E-state index in [-0.39, 0.29) is 28.1 Å².